The quantitative estimate of drug-likeness (QED) is 0.740. The van der Waals surface area contributed by atoms with Gasteiger partial charge in [0.1, 0.15) is 10.5 Å². The van der Waals surface area contributed by atoms with Crippen LogP contribution < -0.4 is 0 Å². The molecular formula is C22H23NO4S2. The van der Waals surface area contributed by atoms with E-state index >= 15 is 0 Å². The molecule has 0 aromatic heterocycles. The molecule has 2 aromatic carbocycles. The minimum atomic E-state index is -3.94. The molecule has 0 radical (unpaired) electrons. The summed E-state index contributed by atoms with van der Waals surface area (Å²) in [5, 5.41) is 0. The van der Waals surface area contributed by atoms with Gasteiger partial charge in [-0.15, -0.1) is 11.8 Å². The van der Waals surface area contributed by atoms with Gasteiger partial charge < -0.3 is 0 Å². The number of sulfonamides is 1. The lowest BCUT2D eigenvalue weighted by atomic mass is 9.68. The molecule has 1 heterocycles. The third-order valence-corrected chi connectivity index (χ3v) is 9.50. The lowest BCUT2D eigenvalue weighted by Crippen LogP contribution is -2.63. The number of hydrogen-bond donors (Lipinski definition) is 0. The van der Waals surface area contributed by atoms with Crippen LogP contribution in [-0.4, -0.2) is 35.7 Å². The Balaban J connectivity index is 1.78. The van der Waals surface area contributed by atoms with Crippen LogP contribution in [0.3, 0.4) is 0 Å². The smallest absolute Gasteiger partial charge is 0.266 e. The molecule has 1 aliphatic carbocycles. The number of ketones is 1. The average molecular weight is 430 g/mol. The SMILES string of the molecule is C[C@@H]1CC(=O)C[C@@H]2CCN(S(=O)(=O)c3ccccc3)C(=O)[C@@]21Sc1ccccc1. The summed E-state index contributed by atoms with van der Waals surface area (Å²) in [6.07, 6.45) is 1.12. The number of rotatable bonds is 4. The molecule has 1 amide bonds. The number of thioether (sulfide) groups is 1. The largest absolute Gasteiger partial charge is 0.300 e. The fourth-order valence-corrected chi connectivity index (χ4v) is 7.60. The Labute approximate surface area is 175 Å². The number of amides is 1. The lowest BCUT2D eigenvalue weighted by molar-refractivity contribution is -0.139. The van der Waals surface area contributed by atoms with Crippen molar-refractivity contribution in [2.45, 2.75) is 40.7 Å². The number of fused-ring (bicyclic) bond motifs is 1. The van der Waals surface area contributed by atoms with Crippen molar-refractivity contribution >= 4 is 33.5 Å². The highest BCUT2D eigenvalue weighted by atomic mass is 32.2. The van der Waals surface area contributed by atoms with Gasteiger partial charge in [0, 0.05) is 24.3 Å². The molecule has 0 bridgehead atoms. The number of carbonyl (C=O) groups is 2. The van der Waals surface area contributed by atoms with Gasteiger partial charge in [0.2, 0.25) is 0 Å². The number of piperidine rings is 1. The summed E-state index contributed by atoms with van der Waals surface area (Å²) < 4.78 is 26.6. The number of benzene rings is 2. The van der Waals surface area contributed by atoms with E-state index in [0.29, 0.717) is 19.3 Å². The van der Waals surface area contributed by atoms with Crippen LogP contribution in [0.1, 0.15) is 26.2 Å². The normalized spacial score (nSPS) is 27.6. The van der Waals surface area contributed by atoms with Gasteiger partial charge in [0.25, 0.3) is 15.9 Å². The van der Waals surface area contributed by atoms with E-state index in [9.17, 15) is 18.0 Å². The summed E-state index contributed by atoms with van der Waals surface area (Å²) in [5.41, 5.74) is 0. The molecule has 0 unspecified atom stereocenters. The Morgan fingerprint density at radius 3 is 2.24 bits per heavy atom. The first-order chi connectivity index (χ1) is 13.9. The van der Waals surface area contributed by atoms with E-state index in [0.717, 1.165) is 9.20 Å². The van der Waals surface area contributed by atoms with E-state index in [1.807, 2.05) is 37.3 Å². The van der Waals surface area contributed by atoms with E-state index in [1.165, 1.54) is 23.9 Å². The second kappa shape index (κ2) is 7.61. The summed E-state index contributed by atoms with van der Waals surface area (Å²) in [7, 11) is -3.94. The molecule has 2 aromatic rings. The maximum atomic E-state index is 13.8. The van der Waals surface area contributed by atoms with E-state index in [1.54, 1.807) is 18.2 Å². The minimum Gasteiger partial charge on any atom is -0.300 e. The molecular weight excluding hydrogens is 406 g/mol. The van der Waals surface area contributed by atoms with Crippen LogP contribution in [0.2, 0.25) is 0 Å². The van der Waals surface area contributed by atoms with Crippen molar-refractivity contribution in [2.24, 2.45) is 11.8 Å². The van der Waals surface area contributed by atoms with E-state index < -0.39 is 20.7 Å². The van der Waals surface area contributed by atoms with Gasteiger partial charge in [-0.2, -0.15) is 0 Å². The van der Waals surface area contributed by atoms with Crippen molar-refractivity contribution < 1.29 is 18.0 Å². The zero-order valence-corrected chi connectivity index (χ0v) is 17.8. The van der Waals surface area contributed by atoms with Crippen molar-refractivity contribution in [2.75, 3.05) is 6.54 Å². The Morgan fingerprint density at radius 1 is 0.966 bits per heavy atom. The Hall–Kier alpha value is -2.12. The van der Waals surface area contributed by atoms with Crippen LogP contribution in [0, 0.1) is 11.8 Å². The summed E-state index contributed by atoms with van der Waals surface area (Å²) >= 11 is 1.42. The van der Waals surface area contributed by atoms with Crippen LogP contribution in [-0.2, 0) is 19.6 Å². The molecule has 1 aliphatic heterocycles. The first kappa shape index (κ1) is 20.2. The van der Waals surface area contributed by atoms with Crippen molar-refractivity contribution in [3.63, 3.8) is 0 Å². The van der Waals surface area contributed by atoms with Gasteiger partial charge >= 0.3 is 0 Å². The third-order valence-electron chi connectivity index (χ3n) is 5.95. The molecule has 4 rings (SSSR count). The zero-order valence-electron chi connectivity index (χ0n) is 16.2. The molecule has 2 fully saturated rings. The van der Waals surface area contributed by atoms with Crippen LogP contribution >= 0.6 is 11.8 Å². The van der Waals surface area contributed by atoms with Crippen molar-refractivity contribution in [3.05, 3.63) is 60.7 Å². The molecule has 2 aliphatic rings. The third kappa shape index (κ3) is 3.40. The van der Waals surface area contributed by atoms with Crippen molar-refractivity contribution in [1.29, 1.82) is 0 Å². The number of nitrogens with zero attached hydrogens (tertiary/aromatic N) is 1. The predicted octanol–water partition coefficient (Wildman–Crippen LogP) is 3.75. The Morgan fingerprint density at radius 2 is 1.59 bits per heavy atom. The highest BCUT2D eigenvalue weighted by Crippen LogP contribution is 2.54. The van der Waals surface area contributed by atoms with E-state index in [-0.39, 0.29) is 29.1 Å². The summed E-state index contributed by atoms with van der Waals surface area (Å²) in [5.74, 6) is -0.663. The molecule has 0 spiro atoms. The van der Waals surface area contributed by atoms with Crippen LogP contribution in [0.4, 0.5) is 0 Å². The second-order valence-corrected chi connectivity index (χ2v) is 11.0. The highest BCUT2D eigenvalue weighted by molar-refractivity contribution is 8.01. The fraction of sp³-hybridized carbons (Fsp3) is 0.364. The predicted molar refractivity (Wildman–Crippen MR) is 112 cm³/mol. The zero-order chi connectivity index (χ0) is 20.6. The number of hydrogen-bond acceptors (Lipinski definition) is 5. The van der Waals surface area contributed by atoms with Crippen LogP contribution in [0.5, 0.6) is 0 Å². The monoisotopic (exact) mass is 429 g/mol. The topological polar surface area (TPSA) is 71.5 Å². The number of Topliss-reactive ketones (excluding diaryl/α,β-unsaturated/α-hetero) is 1. The van der Waals surface area contributed by atoms with Gasteiger partial charge in [0.15, 0.2) is 0 Å². The maximum absolute atomic E-state index is 13.8. The molecule has 0 N–H and O–H groups in total. The summed E-state index contributed by atoms with van der Waals surface area (Å²) in [6, 6.07) is 17.6. The molecule has 1 saturated heterocycles. The van der Waals surface area contributed by atoms with E-state index in [4.69, 9.17) is 0 Å². The summed E-state index contributed by atoms with van der Waals surface area (Å²) in [6.45, 7) is 2.01. The fourth-order valence-electron chi connectivity index (χ4n) is 4.54. The number of carbonyl (C=O) groups excluding carboxylic acids is 2. The van der Waals surface area contributed by atoms with Gasteiger partial charge in [0.05, 0.1) is 4.90 Å². The lowest BCUT2D eigenvalue weighted by Gasteiger charge is -2.51. The average Bonchev–Trinajstić information content (AvgIpc) is 2.71. The molecule has 5 nitrogen and oxygen atoms in total. The Bertz CT molecular complexity index is 1020. The maximum Gasteiger partial charge on any atom is 0.266 e. The van der Waals surface area contributed by atoms with Gasteiger partial charge in [-0.1, -0.05) is 43.3 Å². The minimum absolute atomic E-state index is 0.109. The van der Waals surface area contributed by atoms with Gasteiger partial charge in [-0.05, 0) is 42.5 Å². The molecule has 3 atom stereocenters. The van der Waals surface area contributed by atoms with Gasteiger partial charge in [-0.3, -0.25) is 9.59 Å². The van der Waals surface area contributed by atoms with Crippen LogP contribution in [0.25, 0.3) is 0 Å². The Kier molecular flexibility index (Phi) is 5.29. The molecule has 7 heteroatoms. The van der Waals surface area contributed by atoms with Crippen molar-refractivity contribution in [1.82, 2.24) is 4.31 Å². The summed E-state index contributed by atoms with van der Waals surface area (Å²) in [4.78, 5) is 27.1. The van der Waals surface area contributed by atoms with Gasteiger partial charge in [-0.25, -0.2) is 12.7 Å². The standard InChI is InChI=1S/C22H23NO4S2/c1-16-14-18(24)15-17-12-13-23(29(26,27)20-10-6-3-7-11-20)21(25)22(16,17)28-19-8-4-2-5-9-19/h2-11,16-17H,12-15H2,1H3/t16-,17+,22+/m1/s1. The highest BCUT2D eigenvalue weighted by Gasteiger charge is 2.59. The first-order valence-corrected chi connectivity index (χ1v) is 12.0. The molecule has 1 saturated carbocycles. The van der Waals surface area contributed by atoms with Crippen LogP contribution in [0.15, 0.2) is 70.5 Å². The van der Waals surface area contributed by atoms with E-state index in [2.05, 4.69) is 0 Å². The first-order valence-electron chi connectivity index (χ1n) is 9.73. The molecule has 29 heavy (non-hydrogen) atoms. The molecule has 152 valence electrons. The second-order valence-electron chi connectivity index (χ2n) is 7.74. The van der Waals surface area contributed by atoms with Crippen molar-refractivity contribution in [3.8, 4) is 0 Å².